The molecule has 1 aliphatic rings. The third-order valence-electron chi connectivity index (χ3n) is 3.84. The minimum Gasteiger partial charge on any atom is -0.508 e. The molecule has 3 unspecified atom stereocenters. The second kappa shape index (κ2) is 13.3. The summed E-state index contributed by atoms with van der Waals surface area (Å²) in [6.07, 6.45) is 3.07. The zero-order valence-electron chi connectivity index (χ0n) is 16.3. The number of hydrogen-bond donors (Lipinski definition) is 2. The molecule has 1 saturated heterocycles. The lowest BCUT2D eigenvalue weighted by atomic mass is 10.2. The van der Waals surface area contributed by atoms with Gasteiger partial charge in [0.25, 0.3) is 0 Å². The van der Waals surface area contributed by atoms with E-state index in [0.717, 1.165) is 12.0 Å². The molecule has 1 heterocycles. The first-order valence-electron chi connectivity index (χ1n) is 8.77. The second-order valence-corrected chi connectivity index (χ2v) is 5.77. The number of ether oxygens (including phenoxy) is 5. The van der Waals surface area contributed by atoms with Crippen molar-refractivity contribution in [3.8, 4) is 0 Å². The van der Waals surface area contributed by atoms with Gasteiger partial charge in [0, 0.05) is 25.5 Å². The van der Waals surface area contributed by atoms with Gasteiger partial charge in [-0.25, -0.2) is 0 Å². The topological polar surface area (TPSA) is 92.4 Å². The van der Waals surface area contributed by atoms with Crippen LogP contribution in [0, 0.1) is 0 Å². The Morgan fingerprint density at radius 3 is 2.44 bits per heavy atom. The van der Waals surface area contributed by atoms with E-state index in [-0.39, 0.29) is 18.2 Å². The maximum Gasteiger partial charge on any atom is 0.183 e. The van der Waals surface area contributed by atoms with Crippen LogP contribution < -0.4 is 5.73 Å². The Hall–Kier alpha value is -1.90. The highest BCUT2D eigenvalue weighted by Crippen LogP contribution is 2.20. The fourth-order valence-corrected chi connectivity index (χ4v) is 2.21. The SMILES string of the molecule is C=C/C(O)=C\C.COC1COC(CCOC(OC)c2ccc(N)cc2)CO1. The molecular weight excluding hydrogens is 350 g/mol. The van der Waals surface area contributed by atoms with Gasteiger partial charge in [-0.3, -0.25) is 0 Å². The molecule has 0 bridgehead atoms. The fourth-order valence-electron chi connectivity index (χ4n) is 2.21. The highest BCUT2D eigenvalue weighted by Gasteiger charge is 2.22. The number of rotatable bonds is 8. The number of anilines is 1. The number of allylic oxidation sites excluding steroid dienone is 2. The van der Waals surface area contributed by atoms with E-state index in [0.29, 0.717) is 25.5 Å². The van der Waals surface area contributed by atoms with Crippen LogP contribution in [-0.4, -0.2) is 51.5 Å². The lowest BCUT2D eigenvalue weighted by molar-refractivity contribution is -0.229. The lowest BCUT2D eigenvalue weighted by Crippen LogP contribution is -2.37. The van der Waals surface area contributed by atoms with Gasteiger partial charge in [0.05, 0.1) is 25.9 Å². The van der Waals surface area contributed by atoms with Gasteiger partial charge in [0.15, 0.2) is 12.6 Å². The molecule has 0 spiro atoms. The minimum absolute atomic E-state index is 0.0281. The van der Waals surface area contributed by atoms with Crippen LogP contribution in [0.25, 0.3) is 0 Å². The van der Waals surface area contributed by atoms with E-state index >= 15 is 0 Å². The molecule has 0 aromatic heterocycles. The Balaban J connectivity index is 0.000000527. The van der Waals surface area contributed by atoms with Gasteiger partial charge in [-0.15, -0.1) is 0 Å². The Morgan fingerprint density at radius 1 is 1.30 bits per heavy atom. The van der Waals surface area contributed by atoms with Crippen LogP contribution in [0.4, 0.5) is 5.69 Å². The second-order valence-electron chi connectivity index (χ2n) is 5.77. The number of aliphatic hydroxyl groups is 1. The normalized spacial score (nSPS) is 21.1. The van der Waals surface area contributed by atoms with Crippen molar-refractivity contribution in [3.05, 3.63) is 54.3 Å². The van der Waals surface area contributed by atoms with Crippen LogP contribution in [0.3, 0.4) is 0 Å². The van der Waals surface area contributed by atoms with Crippen molar-refractivity contribution in [2.24, 2.45) is 0 Å². The van der Waals surface area contributed by atoms with Crippen LogP contribution >= 0.6 is 0 Å². The molecule has 152 valence electrons. The van der Waals surface area contributed by atoms with Crippen molar-refractivity contribution in [2.75, 3.05) is 39.8 Å². The smallest absolute Gasteiger partial charge is 0.183 e. The minimum atomic E-state index is -0.401. The lowest BCUT2D eigenvalue weighted by Gasteiger charge is -2.28. The molecule has 7 heteroatoms. The van der Waals surface area contributed by atoms with Crippen molar-refractivity contribution < 1.29 is 28.8 Å². The van der Waals surface area contributed by atoms with E-state index in [1.54, 1.807) is 27.2 Å². The van der Waals surface area contributed by atoms with Gasteiger partial charge in [-0.2, -0.15) is 0 Å². The van der Waals surface area contributed by atoms with Crippen LogP contribution in [0.5, 0.6) is 0 Å². The van der Waals surface area contributed by atoms with Crippen LogP contribution in [0.1, 0.15) is 25.2 Å². The molecule has 7 nitrogen and oxygen atoms in total. The molecule has 0 radical (unpaired) electrons. The van der Waals surface area contributed by atoms with E-state index in [1.165, 1.54) is 6.08 Å². The van der Waals surface area contributed by atoms with E-state index in [4.69, 9.17) is 34.5 Å². The van der Waals surface area contributed by atoms with E-state index in [2.05, 4.69) is 6.58 Å². The molecule has 1 aliphatic heterocycles. The molecule has 27 heavy (non-hydrogen) atoms. The Morgan fingerprint density at radius 2 is 2.00 bits per heavy atom. The van der Waals surface area contributed by atoms with E-state index in [9.17, 15) is 0 Å². The summed E-state index contributed by atoms with van der Waals surface area (Å²) in [6, 6.07) is 7.45. The average Bonchev–Trinajstić information content (AvgIpc) is 2.72. The first-order chi connectivity index (χ1) is 13.0. The zero-order chi connectivity index (χ0) is 20.1. The van der Waals surface area contributed by atoms with Gasteiger partial charge < -0.3 is 34.5 Å². The Kier molecular flexibility index (Phi) is 11.4. The number of nitrogen functional groups attached to an aromatic ring is 1. The van der Waals surface area contributed by atoms with Crippen LogP contribution in [0.15, 0.2) is 48.8 Å². The molecule has 3 N–H and O–H groups in total. The molecule has 0 aliphatic carbocycles. The summed E-state index contributed by atoms with van der Waals surface area (Å²) in [7, 11) is 3.22. The highest BCUT2D eigenvalue weighted by atomic mass is 16.7. The molecule has 0 amide bonds. The first kappa shape index (κ1) is 23.1. The summed E-state index contributed by atoms with van der Waals surface area (Å²) in [5, 5.41) is 8.41. The molecule has 1 fully saturated rings. The third kappa shape index (κ3) is 9.03. The summed E-state index contributed by atoms with van der Waals surface area (Å²) in [5.74, 6) is 0.231. The fraction of sp³-hybridized carbons (Fsp3) is 0.500. The van der Waals surface area contributed by atoms with Gasteiger partial charge in [-0.05, 0) is 37.6 Å². The number of nitrogens with two attached hydrogens (primary N) is 1. The largest absolute Gasteiger partial charge is 0.508 e. The summed E-state index contributed by atoms with van der Waals surface area (Å²) in [5.41, 5.74) is 7.32. The standard InChI is InChI=1S/C15H23NO5.C5H8O/c1-17-14-10-20-13(9-21-14)7-8-19-15(18-2)11-3-5-12(16)6-4-11;1-3-5(6)4-2/h3-6,13-15H,7-10,16H2,1-2H3;3-4,6H,1H2,2H3/b;5-4+. The molecule has 0 saturated carbocycles. The Labute approximate surface area is 161 Å². The molecular formula is C20H31NO6. The maximum absolute atomic E-state index is 8.41. The monoisotopic (exact) mass is 381 g/mol. The van der Waals surface area contributed by atoms with E-state index in [1.807, 2.05) is 24.3 Å². The van der Waals surface area contributed by atoms with Crippen LogP contribution in [0.2, 0.25) is 0 Å². The predicted octanol–water partition coefficient (Wildman–Crippen LogP) is 3.34. The number of benzene rings is 1. The highest BCUT2D eigenvalue weighted by molar-refractivity contribution is 5.39. The molecule has 2 rings (SSSR count). The number of hydrogen-bond acceptors (Lipinski definition) is 7. The van der Waals surface area contributed by atoms with Crippen molar-refractivity contribution in [1.29, 1.82) is 0 Å². The van der Waals surface area contributed by atoms with Crippen molar-refractivity contribution >= 4 is 5.69 Å². The van der Waals surface area contributed by atoms with Crippen molar-refractivity contribution in [1.82, 2.24) is 0 Å². The van der Waals surface area contributed by atoms with Gasteiger partial charge in [0.1, 0.15) is 5.76 Å². The van der Waals surface area contributed by atoms with Crippen LogP contribution in [-0.2, 0) is 23.7 Å². The molecule has 1 aromatic carbocycles. The van der Waals surface area contributed by atoms with Crippen molar-refractivity contribution in [2.45, 2.75) is 32.0 Å². The quantitative estimate of drug-likeness (QED) is 0.309. The summed E-state index contributed by atoms with van der Waals surface area (Å²) < 4.78 is 27.3. The molecule has 1 aromatic rings. The number of methoxy groups -OCH3 is 2. The first-order valence-corrected chi connectivity index (χ1v) is 8.77. The van der Waals surface area contributed by atoms with Gasteiger partial charge in [0.2, 0.25) is 0 Å². The van der Waals surface area contributed by atoms with Gasteiger partial charge >= 0.3 is 0 Å². The average molecular weight is 381 g/mol. The summed E-state index contributed by atoms with van der Waals surface area (Å²) >= 11 is 0. The third-order valence-corrected chi connectivity index (χ3v) is 3.84. The molecule has 3 atom stereocenters. The zero-order valence-corrected chi connectivity index (χ0v) is 16.3. The van der Waals surface area contributed by atoms with Crippen molar-refractivity contribution in [3.63, 3.8) is 0 Å². The Bertz CT molecular complexity index is 552. The van der Waals surface area contributed by atoms with E-state index < -0.39 is 6.29 Å². The predicted molar refractivity (Wildman–Crippen MR) is 104 cm³/mol. The summed E-state index contributed by atoms with van der Waals surface area (Å²) in [4.78, 5) is 0. The van der Waals surface area contributed by atoms with Gasteiger partial charge in [-0.1, -0.05) is 18.7 Å². The maximum atomic E-state index is 8.41. The summed E-state index contributed by atoms with van der Waals surface area (Å²) in [6.45, 7) is 6.55. The number of aliphatic hydroxyl groups excluding tert-OH is 1.